The largest absolute Gasteiger partial charge is 0.460 e. The summed E-state index contributed by atoms with van der Waals surface area (Å²) < 4.78 is 5.24. The minimum atomic E-state index is -0.484. The predicted octanol–water partition coefficient (Wildman–Crippen LogP) is 2.37. The van der Waals surface area contributed by atoms with Crippen molar-refractivity contribution in [2.24, 2.45) is 11.3 Å². The van der Waals surface area contributed by atoms with E-state index in [4.69, 9.17) is 9.84 Å². The van der Waals surface area contributed by atoms with Crippen LogP contribution >= 0.6 is 0 Å². The van der Waals surface area contributed by atoms with Crippen LogP contribution in [0.15, 0.2) is 0 Å². The second-order valence-corrected chi connectivity index (χ2v) is 6.18. The van der Waals surface area contributed by atoms with Gasteiger partial charge in [0.25, 0.3) is 0 Å². The second kappa shape index (κ2) is 4.97. The summed E-state index contributed by atoms with van der Waals surface area (Å²) in [5, 5.41) is 9.16. The molecular weight excluding hydrogens is 192 g/mol. The monoisotopic (exact) mass is 216 g/mol. The first-order valence-electron chi connectivity index (χ1n) is 5.39. The molecule has 0 saturated carbocycles. The van der Waals surface area contributed by atoms with E-state index in [2.05, 4.69) is 0 Å². The van der Waals surface area contributed by atoms with Crippen molar-refractivity contribution in [2.75, 3.05) is 6.61 Å². The van der Waals surface area contributed by atoms with E-state index in [-0.39, 0.29) is 18.0 Å². The summed E-state index contributed by atoms with van der Waals surface area (Å²) in [7, 11) is 0. The minimum absolute atomic E-state index is 0.0182. The Hall–Kier alpha value is -0.570. The summed E-state index contributed by atoms with van der Waals surface area (Å²) in [6, 6.07) is 0. The highest BCUT2D eigenvalue weighted by Gasteiger charge is 2.28. The standard InChI is InChI=1S/C12H24O3/c1-11(2,3)7-9(8-13)10(14)15-12(4,5)6/h9,13H,7-8H2,1-6H3. The van der Waals surface area contributed by atoms with Gasteiger partial charge < -0.3 is 9.84 Å². The molecule has 0 spiro atoms. The lowest BCUT2D eigenvalue weighted by atomic mass is 9.85. The normalized spacial score (nSPS) is 14.9. The van der Waals surface area contributed by atoms with E-state index in [0.717, 1.165) is 0 Å². The van der Waals surface area contributed by atoms with Gasteiger partial charge in [-0.15, -0.1) is 0 Å². The van der Waals surface area contributed by atoms with Crippen molar-refractivity contribution in [3.63, 3.8) is 0 Å². The topological polar surface area (TPSA) is 46.5 Å². The number of hydrogen-bond acceptors (Lipinski definition) is 3. The molecule has 0 aliphatic heterocycles. The molecule has 15 heavy (non-hydrogen) atoms. The molecule has 0 radical (unpaired) electrons. The summed E-state index contributed by atoms with van der Waals surface area (Å²) in [5.74, 6) is -0.718. The molecule has 90 valence electrons. The molecule has 1 N–H and O–H groups in total. The van der Waals surface area contributed by atoms with Crippen LogP contribution in [-0.2, 0) is 9.53 Å². The third kappa shape index (κ3) is 7.37. The summed E-state index contributed by atoms with van der Waals surface area (Å²) in [6.45, 7) is 11.5. The van der Waals surface area contributed by atoms with E-state index in [9.17, 15) is 4.79 Å². The Bertz CT molecular complexity index is 208. The molecule has 3 heteroatoms. The van der Waals surface area contributed by atoms with Gasteiger partial charge in [-0.25, -0.2) is 0 Å². The van der Waals surface area contributed by atoms with Gasteiger partial charge in [0.05, 0.1) is 12.5 Å². The molecule has 1 atom stereocenters. The van der Waals surface area contributed by atoms with E-state index >= 15 is 0 Å². The third-order valence-corrected chi connectivity index (χ3v) is 1.82. The lowest BCUT2D eigenvalue weighted by Gasteiger charge is -2.27. The maximum atomic E-state index is 11.7. The zero-order chi connectivity index (χ0) is 12.3. The maximum Gasteiger partial charge on any atom is 0.311 e. The van der Waals surface area contributed by atoms with Gasteiger partial charge in [-0.3, -0.25) is 4.79 Å². The first kappa shape index (κ1) is 14.4. The number of carbonyl (C=O) groups excluding carboxylic acids is 1. The highest BCUT2D eigenvalue weighted by Crippen LogP contribution is 2.26. The van der Waals surface area contributed by atoms with Gasteiger partial charge in [0.2, 0.25) is 0 Å². The molecule has 3 nitrogen and oxygen atoms in total. The van der Waals surface area contributed by atoms with Crippen LogP contribution in [-0.4, -0.2) is 23.3 Å². The quantitative estimate of drug-likeness (QED) is 0.737. The first-order chi connectivity index (χ1) is 6.55. The van der Waals surface area contributed by atoms with Crippen LogP contribution in [0.1, 0.15) is 48.0 Å². The fraction of sp³-hybridized carbons (Fsp3) is 0.917. The number of esters is 1. The van der Waals surface area contributed by atoms with Crippen molar-refractivity contribution >= 4 is 5.97 Å². The third-order valence-electron chi connectivity index (χ3n) is 1.82. The van der Waals surface area contributed by atoms with Crippen molar-refractivity contribution in [3.05, 3.63) is 0 Å². The second-order valence-electron chi connectivity index (χ2n) is 6.18. The van der Waals surface area contributed by atoms with Gasteiger partial charge in [0.1, 0.15) is 5.60 Å². The molecule has 0 aromatic carbocycles. The zero-order valence-electron chi connectivity index (χ0n) is 10.8. The molecule has 0 bridgehead atoms. The summed E-state index contributed by atoms with van der Waals surface area (Å²) in [5.41, 5.74) is -0.466. The fourth-order valence-electron chi connectivity index (χ4n) is 1.35. The van der Waals surface area contributed by atoms with Gasteiger partial charge in [-0.2, -0.15) is 0 Å². The number of aliphatic hydroxyl groups is 1. The Balaban J connectivity index is 4.36. The lowest BCUT2D eigenvalue weighted by molar-refractivity contribution is -0.162. The molecule has 0 amide bonds. The average Bonchev–Trinajstić information content (AvgIpc) is 1.94. The zero-order valence-corrected chi connectivity index (χ0v) is 10.8. The Kier molecular flexibility index (Phi) is 4.78. The number of aliphatic hydroxyl groups excluding tert-OH is 1. The molecular formula is C12H24O3. The van der Waals surface area contributed by atoms with Crippen LogP contribution in [0.25, 0.3) is 0 Å². The van der Waals surface area contributed by atoms with Crippen LogP contribution in [0, 0.1) is 11.3 Å². The Labute approximate surface area is 92.8 Å². The van der Waals surface area contributed by atoms with Crippen molar-refractivity contribution in [2.45, 2.75) is 53.6 Å². The molecule has 0 aromatic heterocycles. The number of ether oxygens (including phenoxy) is 1. The first-order valence-corrected chi connectivity index (χ1v) is 5.39. The SMILES string of the molecule is CC(C)(C)CC(CO)C(=O)OC(C)(C)C. The smallest absolute Gasteiger partial charge is 0.311 e. The summed E-state index contributed by atoms with van der Waals surface area (Å²) in [4.78, 5) is 11.7. The number of rotatable bonds is 3. The van der Waals surface area contributed by atoms with Gasteiger partial charge in [-0.1, -0.05) is 20.8 Å². The number of hydrogen-bond donors (Lipinski definition) is 1. The highest BCUT2D eigenvalue weighted by atomic mass is 16.6. The lowest BCUT2D eigenvalue weighted by Crippen LogP contribution is -2.32. The van der Waals surface area contributed by atoms with Gasteiger partial charge in [0.15, 0.2) is 0 Å². The molecule has 0 rings (SSSR count). The maximum absolute atomic E-state index is 11.7. The van der Waals surface area contributed by atoms with Crippen LogP contribution in [0.2, 0.25) is 0 Å². The van der Waals surface area contributed by atoms with E-state index in [1.54, 1.807) is 0 Å². The van der Waals surface area contributed by atoms with E-state index in [1.807, 2.05) is 41.5 Å². The van der Waals surface area contributed by atoms with E-state index in [1.165, 1.54) is 0 Å². The Morgan fingerprint density at radius 2 is 1.67 bits per heavy atom. The molecule has 1 unspecified atom stereocenters. The van der Waals surface area contributed by atoms with Crippen LogP contribution in [0.5, 0.6) is 0 Å². The predicted molar refractivity (Wildman–Crippen MR) is 60.5 cm³/mol. The molecule has 0 aromatic rings. The Morgan fingerprint density at radius 3 is 1.93 bits per heavy atom. The van der Waals surface area contributed by atoms with Crippen LogP contribution in [0.3, 0.4) is 0 Å². The van der Waals surface area contributed by atoms with Crippen molar-refractivity contribution in [1.82, 2.24) is 0 Å². The van der Waals surface area contributed by atoms with E-state index < -0.39 is 11.5 Å². The van der Waals surface area contributed by atoms with Gasteiger partial charge in [0, 0.05) is 0 Å². The van der Waals surface area contributed by atoms with Gasteiger partial charge >= 0.3 is 5.97 Å². The summed E-state index contributed by atoms with van der Waals surface area (Å²) >= 11 is 0. The van der Waals surface area contributed by atoms with Crippen molar-refractivity contribution in [3.8, 4) is 0 Å². The van der Waals surface area contributed by atoms with Crippen LogP contribution in [0.4, 0.5) is 0 Å². The van der Waals surface area contributed by atoms with Gasteiger partial charge in [-0.05, 0) is 32.6 Å². The minimum Gasteiger partial charge on any atom is -0.460 e. The summed E-state index contributed by atoms with van der Waals surface area (Å²) in [6.07, 6.45) is 0.637. The highest BCUT2D eigenvalue weighted by molar-refractivity contribution is 5.73. The molecule has 0 saturated heterocycles. The van der Waals surface area contributed by atoms with E-state index in [0.29, 0.717) is 6.42 Å². The van der Waals surface area contributed by atoms with Crippen molar-refractivity contribution in [1.29, 1.82) is 0 Å². The molecule has 0 heterocycles. The molecule has 0 aliphatic rings. The van der Waals surface area contributed by atoms with Crippen molar-refractivity contribution < 1.29 is 14.6 Å². The fourth-order valence-corrected chi connectivity index (χ4v) is 1.35. The number of carbonyl (C=O) groups is 1. The average molecular weight is 216 g/mol. The molecule has 0 fully saturated rings. The Morgan fingerprint density at radius 1 is 1.20 bits per heavy atom. The molecule has 0 aliphatic carbocycles. The van der Waals surface area contributed by atoms with Crippen LogP contribution < -0.4 is 0 Å².